The molecule has 2 aliphatic rings. The van der Waals surface area contributed by atoms with Crippen LogP contribution in [0.25, 0.3) is 6.08 Å². The van der Waals surface area contributed by atoms with Crippen molar-refractivity contribution in [1.29, 1.82) is 0 Å². The van der Waals surface area contributed by atoms with Crippen molar-refractivity contribution in [2.45, 2.75) is 30.7 Å². The number of nitrogens with zero attached hydrogens (tertiary/aromatic N) is 2. The van der Waals surface area contributed by atoms with E-state index in [1.807, 2.05) is 6.07 Å². The predicted molar refractivity (Wildman–Crippen MR) is 111 cm³/mol. The summed E-state index contributed by atoms with van der Waals surface area (Å²) in [5.41, 5.74) is 0.992. The van der Waals surface area contributed by atoms with Crippen molar-refractivity contribution in [3.05, 3.63) is 89.3 Å². The molecule has 1 aliphatic carbocycles. The van der Waals surface area contributed by atoms with E-state index in [-0.39, 0.29) is 28.5 Å². The quantitative estimate of drug-likeness (QED) is 0.590. The van der Waals surface area contributed by atoms with Gasteiger partial charge in [-0.15, -0.1) is 0 Å². The van der Waals surface area contributed by atoms with Gasteiger partial charge in [0.2, 0.25) is 5.78 Å². The van der Waals surface area contributed by atoms with Crippen molar-refractivity contribution < 1.29 is 17.6 Å². The summed E-state index contributed by atoms with van der Waals surface area (Å²) in [4.78, 5) is 17.3. The lowest BCUT2D eigenvalue weighted by Gasteiger charge is -2.31. The molecule has 0 unspecified atom stereocenters. The van der Waals surface area contributed by atoms with Crippen LogP contribution >= 0.6 is 0 Å². The lowest BCUT2D eigenvalue weighted by atomic mass is 10.1. The minimum absolute atomic E-state index is 0.0214. The van der Waals surface area contributed by atoms with Gasteiger partial charge in [0.15, 0.2) is 0 Å². The van der Waals surface area contributed by atoms with Gasteiger partial charge in [0.05, 0.1) is 11.4 Å². The molecule has 1 aromatic carbocycles. The molecule has 0 bridgehead atoms. The van der Waals surface area contributed by atoms with E-state index in [2.05, 4.69) is 11.9 Å². The highest BCUT2D eigenvalue weighted by Crippen LogP contribution is 2.47. The summed E-state index contributed by atoms with van der Waals surface area (Å²) in [6, 6.07) is 13.5. The standard InChI is InChI=1S/C23H20N2O4S/c1-15-12-19(15)21-7-6-17(29-21)13-20-23(26)18-4-2-3-5-22(18)30(27,28)25(20)14-16-8-10-24-11-9-16/h2-11,13,15,19H,12,14H2,1H3/b20-13+/t15-,19+/m1/s1. The van der Waals surface area contributed by atoms with Crippen LogP contribution in [0, 0.1) is 5.92 Å². The molecule has 30 heavy (non-hydrogen) atoms. The van der Waals surface area contributed by atoms with E-state index in [4.69, 9.17) is 4.42 Å². The number of carbonyl (C=O) groups excluding carboxylic acids is 1. The van der Waals surface area contributed by atoms with Crippen molar-refractivity contribution in [2.75, 3.05) is 0 Å². The number of carbonyl (C=O) groups is 1. The van der Waals surface area contributed by atoms with Crippen molar-refractivity contribution in [1.82, 2.24) is 9.29 Å². The summed E-state index contributed by atoms with van der Waals surface area (Å²) < 4.78 is 33.9. The molecule has 1 fully saturated rings. The van der Waals surface area contributed by atoms with E-state index >= 15 is 0 Å². The minimum atomic E-state index is -3.91. The van der Waals surface area contributed by atoms with Crippen LogP contribution < -0.4 is 0 Å². The number of rotatable bonds is 4. The zero-order valence-electron chi connectivity index (χ0n) is 16.4. The number of allylic oxidation sites excluding steroid dienone is 1. The molecule has 2 aromatic heterocycles. The highest BCUT2D eigenvalue weighted by Gasteiger charge is 2.40. The molecule has 7 heteroatoms. The van der Waals surface area contributed by atoms with Crippen LogP contribution in [-0.4, -0.2) is 23.5 Å². The van der Waals surface area contributed by atoms with Gasteiger partial charge >= 0.3 is 0 Å². The molecule has 1 aliphatic heterocycles. The van der Waals surface area contributed by atoms with Gasteiger partial charge in [-0.25, -0.2) is 8.42 Å². The van der Waals surface area contributed by atoms with Crippen LogP contribution in [0.15, 0.2) is 75.9 Å². The molecular weight excluding hydrogens is 400 g/mol. The number of hydrogen-bond donors (Lipinski definition) is 0. The topological polar surface area (TPSA) is 80.5 Å². The number of hydrogen-bond acceptors (Lipinski definition) is 5. The Labute approximate surface area is 174 Å². The lowest BCUT2D eigenvalue weighted by Crippen LogP contribution is -2.38. The second kappa shape index (κ2) is 6.95. The molecule has 0 radical (unpaired) electrons. The smallest absolute Gasteiger partial charge is 0.265 e. The lowest BCUT2D eigenvalue weighted by molar-refractivity contribution is 0.100. The van der Waals surface area contributed by atoms with Crippen molar-refractivity contribution >= 4 is 21.9 Å². The first-order valence-electron chi connectivity index (χ1n) is 9.82. The van der Waals surface area contributed by atoms with Gasteiger partial charge < -0.3 is 4.42 Å². The SMILES string of the molecule is C[C@@H]1C[C@@H]1c1ccc(/C=C2\C(=O)c3ccccc3S(=O)(=O)N2Cc2ccncc2)o1. The summed E-state index contributed by atoms with van der Waals surface area (Å²) in [6.07, 6.45) is 5.81. The second-order valence-corrected chi connectivity index (χ2v) is 9.61. The van der Waals surface area contributed by atoms with Crippen molar-refractivity contribution in [3.8, 4) is 0 Å². The molecule has 3 aromatic rings. The van der Waals surface area contributed by atoms with Gasteiger partial charge in [-0.2, -0.15) is 0 Å². The number of aromatic nitrogens is 1. The Morgan fingerprint density at radius 3 is 2.60 bits per heavy atom. The van der Waals surface area contributed by atoms with E-state index < -0.39 is 10.0 Å². The van der Waals surface area contributed by atoms with E-state index in [0.717, 1.165) is 22.0 Å². The van der Waals surface area contributed by atoms with Gasteiger partial charge in [0, 0.05) is 30.0 Å². The fourth-order valence-electron chi connectivity index (χ4n) is 3.84. The molecule has 5 rings (SSSR count). The molecular formula is C23H20N2O4S. The third kappa shape index (κ3) is 3.15. The van der Waals surface area contributed by atoms with Crippen LogP contribution in [0.5, 0.6) is 0 Å². The molecule has 0 N–H and O–H groups in total. The van der Waals surface area contributed by atoms with Crippen LogP contribution in [-0.2, 0) is 16.6 Å². The Morgan fingerprint density at radius 2 is 1.87 bits per heavy atom. The molecule has 0 spiro atoms. The first-order valence-corrected chi connectivity index (χ1v) is 11.3. The highest BCUT2D eigenvalue weighted by molar-refractivity contribution is 7.89. The minimum Gasteiger partial charge on any atom is -0.461 e. The van der Waals surface area contributed by atoms with E-state index in [9.17, 15) is 13.2 Å². The summed E-state index contributed by atoms with van der Waals surface area (Å²) in [5.74, 6) is 2.00. The molecule has 6 nitrogen and oxygen atoms in total. The van der Waals surface area contributed by atoms with Gasteiger partial charge in [-0.1, -0.05) is 19.1 Å². The number of benzene rings is 1. The summed E-state index contributed by atoms with van der Waals surface area (Å²) in [6.45, 7) is 2.19. The van der Waals surface area contributed by atoms with Gasteiger partial charge in [0.1, 0.15) is 17.2 Å². The number of sulfonamides is 1. The Kier molecular flexibility index (Phi) is 4.36. The monoisotopic (exact) mass is 420 g/mol. The number of pyridine rings is 1. The molecule has 3 heterocycles. The average molecular weight is 420 g/mol. The summed E-state index contributed by atoms with van der Waals surface area (Å²) in [7, 11) is -3.91. The first kappa shape index (κ1) is 18.8. The zero-order valence-corrected chi connectivity index (χ0v) is 17.2. The predicted octanol–water partition coefficient (Wildman–Crippen LogP) is 4.23. The molecule has 152 valence electrons. The van der Waals surface area contributed by atoms with Crippen LogP contribution in [0.3, 0.4) is 0 Å². The first-order chi connectivity index (χ1) is 14.4. The molecule has 0 amide bonds. The number of ketones is 1. The van der Waals surface area contributed by atoms with E-state index in [0.29, 0.717) is 17.6 Å². The van der Waals surface area contributed by atoms with Crippen molar-refractivity contribution in [3.63, 3.8) is 0 Å². The fraction of sp³-hybridized carbons (Fsp3) is 0.217. The normalized spacial score (nSPS) is 23.4. The largest absolute Gasteiger partial charge is 0.461 e. The Balaban J connectivity index is 1.62. The third-order valence-corrected chi connectivity index (χ3v) is 7.50. The zero-order chi connectivity index (χ0) is 20.9. The maximum atomic E-state index is 13.4. The molecule has 1 saturated carbocycles. The molecule has 2 atom stereocenters. The Morgan fingerprint density at radius 1 is 1.13 bits per heavy atom. The Hall–Kier alpha value is -3.19. The van der Waals surface area contributed by atoms with Gasteiger partial charge in [-0.05, 0) is 54.3 Å². The number of furan rings is 1. The van der Waals surface area contributed by atoms with Crippen molar-refractivity contribution in [2.24, 2.45) is 5.92 Å². The number of Topliss-reactive ketones (excluding diaryl/α,β-unsaturated/α-hetero) is 1. The second-order valence-electron chi connectivity index (χ2n) is 7.78. The number of fused-ring (bicyclic) bond motifs is 1. The van der Waals surface area contributed by atoms with Crippen LogP contribution in [0.4, 0.5) is 0 Å². The third-order valence-electron chi connectivity index (χ3n) is 5.68. The van der Waals surface area contributed by atoms with Crippen LogP contribution in [0.1, 0.15) is 46.7 Å². The highest BCUT2D eigenvalue weighted by atomic mass is 32.2. The summed E-state index contributed by atoms with van der Waals surface area (Å²) >= 11 is 0. The molecule has 0 saturated heterocycles. The van der Waals surface area contributed by atoms with Gasteiger partial charge in [-0.3, -0.25) is 14.1 Å². The average Bonchev–Trinajstić information content (AvgIpc) is 3.30. The van der Waals surface area contributed by atoms with Crippen LogP contribution in [0.2, 0.25) is 0 Å². The fourth-order valence-corrected chi connectivity index (χ4v) is 5.48. The van der Waals surface area contributed by atoms with Gasteiger partial charge in [0.25, 0.3) is 10.0 Å². The van der Waals surface area contributed by atoms with E-state index in [1.54, 1.807) is 48.8 Å². The summed E-state index contributed by atoms with van der Waals surface area (Å²) in [5, 5.41) is 0. The maximum absolute atomic E-state index is 13.4. The van der Waals surface area contributed by atoms with E-state index in [1.165, 1.54) is 12.1 Å². The maximum Gasteiger partial charge on any atom is 0.265 e. The Bertz CT molecular complexity index is 1260.